The second-order valence-electron chi connectivity index (χ2n) is 3.90. The van der Waals surface area contributed by atoms with Gasteiger partial charge in [0.15, 0.2) is 0 Å². The largest absolute Gasteiger partial charge is 0.368 e. The Morgan fingerprint density at radius 3 is 3.00 bits per heavy atom. The van der Waals surface area contributed by atoms with Gasteiger partial charge in [0.25, 0.3) is 0 Å². The maximum Gasteiger partial charge on any atom is 0.239 e. The number of nitrogens with one attached hydrogen (secondary N) is 3. The van der Waals surface area contributed by atoms with Crippen molar-refractivity contribution in [1.82, 2.24) is 15.3 Å². The van der Waals surface area contributed by atoms with Gasteiger partial charge in [0.05, 0.1) is 0 Å². The number of carbonyl (C=O) groups is 1. The number of nitrogens with two attached hydrogens (primary N) is 1. The third-order valence-electron chi connectivity index (χ3n) is 2.46. The Kier molecular flexibility index (Phi) is 3.71. The molecule has 1 aromatic rings. The lowest BCUT2D eigenvalue weighted by molar-refractivity contribution is -0.122. The lowest BCUT2D eigenvalue weighted by Gasteiger charge is -2.07. The highest BCUT2D eigenvalue weighted by molar-refractivity contribution is 5.80. The van der Waals surface area contributed by atoms with Crippen molar-refractivity contribution in [2.24, 2.45) is 11.8 Å². The fourth-order valence-electron chi connectivity index (χ4n) is 1.39. The van der Waals surface area contributed by atoms with Crippen LogP contribution < -0.4 is 21.9 Å². The summed E-state index contributed by atoms with van der Waals surface area (Å²) in [6.45, 7) is 1.21. The summed E-state index contributed by atoms with van der Waals surface area (Å²) in [6.07, 6.45) is 3.65. The third-order valence-corrected chi connectivity index (χ3v) is 2.46. The number of aromatic nitrogens is 2. The molecule has 1 amide bonds. The van der Waals surface area contributed by atoms with Gasteiger partial charge in [-0.15, -0.1) is 0 Å². The van der Waals surface area contributed by atoms with E-state index in [2.05, 4.69) is 26.0 Å². The molecule has 0 aliphatic heterocycles. The highest BCUT2D eigenvalue weighted by atomic mass is 16.2. The molecule has 1 fully saturated rings. The number of anilines is 2. The molecular formula is C10H16N6O. The molecular weight excluding hydrogens is 220 g/mol. The van der Waals surface area contributed by atoms with Crippen LogP contribution in [0.2, 0.25) is 0 Å². The Morgan fingerprint density at radius 2 is 2.29 bits per heavy atom. The monoisotopic (exact) mass is 236 g/mol. The van der Waals surface area contributed by atoms with E-state index in [0.29, 0.717) is 24.9 Å². The zero-order valence-corrected chi connectivity index (χ0v) is 9.44. The van der Waals surface area contributed by atoms with Crippen LogP contribution >= 0.6 is 0 Å². The molecule has 1 aliphatic rings. The van der Waals surface area contributed by atoms with Crippen LogP contribution in [0.25, 0.3) is 0 Å². The molecule has 1 aromatic heterocycles. The highest BCUT2D eigenvalue weighted by Crippen LogP contribution is 2.28. The zero-order valence-electron chi connectivity index (χ0n) is 9.44. The molecule has 17 heavy (non-hydrogen) atoms. The molecule has 0 saturated heterocycles. The van der Waals surface area contributed by atoms with Gasteiger partial charge in [-0.25, -0.2) is 10.8 Å². The van der Waals surface area contributed by atoms with Gasteiger partial charge in [-0.1, -0.05) is 0 Å². The first-order chi connectivity index (χ1) is 8.29. The summed E-state index contributed by atoms with van der Waals surface area (Å²) in [7, 11) is 0. The quantitative estimate of drug-likeness (QED) is 0.307. The fourth-order valence-corrected chi connectivity index (χ4v) is 1.39. The van der Waals surface area contributed by atoms with Gasteiger partial charge >= 0.3 is 0 Å². The lowest BCUT2D eigenvalue weighted by Crippen LogP contribution is -2.30. The molecule has 92 valence electrons. The summed E-state index contributed by atoms with van der Waals surface area (Å²) < 4.78 is 0. The fraction of sp³-hybridized carbons (Fsp3) is 0.500. The molecule has 0 aromatic carbocycles. The molecule has 7 heteroatoms. The summed E-state index contributed by atoms with van der Waals surface area (Å²) in [6, 6.07) is 1.74. The molecule has 0 atom stereocenters. The third kappa shape index (κ3) is 3.56. The number of hydrogen-bond acceptors (Lipinski definition) is 6. The Balaban J connectivity index is 1.68. The second kappa shape index (κ2) is 5.44. The number of amides is 1. The van der Waals surface area contributed by atoms with Crippen LogP contribution in [0.15, 0.2) is 12.3 Å². The smallest absolute Gasteiger partial charge is 0.239 e. The number of carbonyl (C=O) groups excluding carboxylic acids is 1. The average Bonchev–Trinajstić information content (AvgIpc) is 3.19. The summed E-state index contributed by atoms with van der Waals surface area (Å²) in [4.78, 5) is 19.3. The first-order valence-corrected chi connectivity index (χ1v) is 5.61. The van der Waals surface area contributed by atoms with Gasteiger partial charge in [0.2, 0.25) is 11.9 Å². The van der Waals surface area contributed by atoms with Crippen LogP contribution in [-0.2, 0) is 4.79 Å². The molecule has 0 spiro atoms. The molecule has 5 N–H and O–H groups in total. The van der Waals surface area contributed by atoms with Crippen molar-refractivity contribution in [2.75, 3.05) is 23.8 Å². The van der Waals surface area contributed by atoms with Gasteiger partial charge in [-0.05, 0) is 18.9 Å². The van der Waals surface area contributed by atoms with E-state index in [1.807, 2.05) is 0 Å². The van der Waals surface area contributed by atoms with E-state index in [1.54, 1.807) is 12.3 Å². The van der Waals surface area contributed by atoms with Crippen LogP contribution in [0.1, 0.15) is 12.8 Å². The number of rotatable bonds is 6. The number of hydrogen-bond donors (Lipinski definition) is 4. The highest BCUT2D eigenvalue weighted by Gasteiger charge is 2.28. The van der Waals surface area contributed by atoms with Gasteiger partial charge in [-0.2, -0.15) is 4.98 Å². The predicted molar refractivity (Wildman–Crippen MR) is 64.1 cm³/mol. The van der Waals surface area contributed by atoms with Gasteiger partial charge in [-0.3, -0.25) is 10.2 Å². The maximum atomic E-state index is 11.3. The van der Waals surface area contributed by atoms with Crippen molar-refractivity contribution in [3.05, 3.63) is 12.3 Å². The lowest BCUT2D eigenvalue weighted by atomic mass is 10.4. The molecule has 1 aliphatic carbocycles. The molecule has 0 unspecified atom stereocenters. The van der Waals surface area contributed by atoms with Crippen molar-refractivity contribution in [2.45, 2.75) is 12.8 Å². The molecule has 1 heterocycles. The van der Waals surface area contributed by atoms with Gasteiger partial charge < -0.3 is 10.6 Å². The summed E-state index contributed by atoms with van der Waals surface area (Å²) in [5.74, 6) is 6.63. The Labute approximate surface area is 99.2 Å². The van der Waals surface area contributed by atoms with Crippen molar-refractivity contribution in [3.63, 3.8) is 0 Å². The first kappa shape index (κ1) is 11.6. The van der Waals surface area contributed by atoms with Gasteiger partial charge in [0.1, 0.15) is 5.82 Å². The summed E-state index contributed by atoms with van der Waals surface area (Å²) >= 11 is 0. The first-order valence-electron chi connectivity index (χ1n) is 5.61. The predicted octanol–water partition coefficient (Wildman–Crippen LogP) is -0.300. The Morgan fingerprint density at radius 1 is 1.47 bits per heavy atom. The molecule has 2 rings (SSSR count). The number of hydrazine groups is 1. The van der Waals surface area contributed by atoms with E-state index < -0.39 is 0 Å². The molecule has 7 nitrogen and oxygen atoms in total. The standard InChI is InChI=1S/C10H16N6O/c11-16-10-14-4-3-8(15-10)12-5-6-13-9(17)7-1-2-7/h3-4,7H,1-2,5-6,11H2,(H,13,17)(H2,12,14,15,16). The van der Waals surface area contributed by atoms with Crippen molar-refractivity contribution >= 4 is 17.7 Å². The van der Waals surface area contributed by atoms with E-state index >= 15 is 0 Å². The number of nitrogens with zero attached hydrogens (tertiary/aromatic N) is 2. The van der Waals surface area contributed by atoms with Crippen LogP contribution in [0.4, 0.5) is 11.8 Å². The molecule has 0 bridgehead atoms. The minimum atomic E-state index is 0.152. The van der Waals surface area contributed by atoms with E-state index in [0.717, 1.165) is 12.8 Å². The van der Waals surface area contributed by atoms with Crippen LogP contribution in [0.5, 0.6) is 0 Å². The van der Waals surface area contributed by atoms with Crippen molar-refractivity contribution in [1.29, 1.82) is 0 Å². The molecule has 0 radical (unpaired) electrons. The van der Waals surface area contributed by atoms with E-state index in [4.69, 9.17) is 5.84 Å². The zero-order chi connectivity index (χ0) is 12.1. The van der Waals surface area contributed by atoms with E-state index in [9.17, 15) is 4.79 Å². The second-order valence-corrected chi connectivity index (χ2v) is 3.90. The van der Waals surface area contributed by atoms with Crippen LogP contribution in [0, 0.1) is 5.92 Å². The maximum absolute atomic E-state index is 11.3. The van der Waals surface area contributed by atoms with Gasteiger partial charge in [0, 0.05) is 25.2 Å². The minimum Gasteiger partial charge on any atom is -0.368 e. The van der Waals surface area contributed by atoms with Crippen LogP contribution in [0.3, 0.4) is 0 Å². The average molecular weight is 236 g/mol. The SMILES string of the molecule is NNc1nccc(NCCNC(=O)C2CC2)n1. The Bertz CT molecular complexity index is 392. The van der Waals surface area contributed by atoms with Crippen molar-refractivity contribution in [3.8, 4) is 0 Å². The summed E-state index contributed by atoms with van der Waals surface area (Å²) in [5.41, 5.74) is 2.37. The normalized spacial score (nSPS) is 14.2. The van der Waals surface area contributed by atoms with Crippen LogP contribution in [-0.4, -0.2) is 29.0 Å². The number of nitrogen functional groups attached to an aromatic ring is 1. The van der Waals surface area contributed by atoms with Crippen molar-refractivity contribution < 1.29 is 4.79 Å². The van der Waals surface area contributed by atoms with E-state index in [1.165, 1.54) is 0 Å². The van der Waals surface area contributed by atoms with E-state index in [-0.39, 0.29) is 11.8 Å². The topological polar surface area (TPSA) is 105 Å². The summed E-state index contributed by atoms with van der Waals surface area (Å²) in [5, 5.41) is 5.93. The Hall–Kier alpha value is -1.89. The minimum absolute atomic E-state index is 0.152. The molecule has 1 saturated carbocycles.